The first-order chi connectivity index (χ1) is 15.7. The first-order valence-electron chi connectivity index (χ1n) is 10.9. The molecule has 3 aromatic rings. The molecular weight excluding hydrogens is 408 g/mol. The zero-order chi connectivity index (χ0) is 22.2. The van der Waals surface area contributed by atoms with Gasteiger partial charge in [0.1, 0.15) is 0 Å². The van der Waals surface area contributed by atoms with Crippen molar-refractivity contribution in [2.45, 2.75) is 32.1 Å². The molecule has 0 aliphatic heterocycles. The van der Waals surface area contributed by atoms with Crippen LogP contribution in [0, 0.1) is 5.92 Å². The van der Waals surface area contributed by atoms with Crippen LogP contribution in [0.15, 0.2) is 59.3 Å². The normalized spacial score (nSPS) is 14.0. The van der Waals surface area contributed by atoms with E-state index in [9.17, 15) is 9.59 Å². The van der Waals surface area contributed by atoms with E-state index in [0.29, 0.717) is 29.9 Å². The van der Waals surface area contributed by atoms with E-state index >= 15 is 0 Å². The van der Waals surface area contributed by atoms with Gasteiger partial charge in [0.05, 0.1) is 13.2 Å². The Morgan fingerprint density at radius 1 is 1.06 bits per heavy atom. The standard InChI is InChI=1S/C24H26N4O4/c29-22(15-26-24(30)19-14-21(32-28-19)18-10-5-2-6-11-18)27-23-20(12-7-13-25-23)31-16-17-8-3-1-4-9-17/h2,5-7,10-14,17H,1,3-4,8-9,15-16H2,(H,26,30)(H,25,27,29). The molecule has 166 valence electrons. The molecule has 8 nitrogen and oxygen atoms in total. The van der Waals surface area contributed by atoms with Crippen molar-refractivity contribution in [2.75, 3.05) is 18.5 Å². The van der Waals surface area contributed by atoms with Crippen LogP contribution in [0.25, 0.3) is 11.3 Å². The fourth-order valence-corrected chi connectivity index (χ4v) is 3.71. The maximum Gasteiger partial charge on any atom is 0.273 e. The Morgan fingerprint density at radius 2 is 1.88 bits per heavy atom. The first kappa shape index (κ1) is 21.5. The molecular formula is C24H26N4O4. The number of hydrogen-bond donors (Lipinski definition) is 2. The van der Waals surface area contributed by atoms with Gasteiger partial charge in [-0.3, -0.25) is 9.59 Å². The third-order valence-electron chi connectivity index (χ3n) is 5.44. The number of benzene rings is 1. The van der Waals surface area contributed by atoms with Crippen LogP contribution in [-0.4, -0.2) is 35.1 Å². The highest BCUT2D eigenvalue weighted by molar-refractivity contribution is 5.98. The molecule has 32 heavy (non-hydrogen) atoms. The summed E-state index contributed by atoms with van der Waals surface area (Å²) in [4.78, 5) is 28.9. The fourth-order valence-electron chi connectivity index (χ4n) is 3.71. The van der Waals surface area contributed by atoms with Gasteiger partial charge in [0.15, 0.2) is 23.0 Å². The molecule has 4 rings (SSSR count). The monoisotopic (exact) mass is 434 g/mol. The van der Waals surface area contributed by atoms with Crippen LogP contribution in [0.3, 0.4) is 0 Å². The van der Waals surface area contributed by atoms with E-state index in [1.165, 1.54) is 32.1 Å². The van der Waals surface area contributed by atoms with Crippen molar-refractivity contribution in [1.82, 2.24) is 15.5 Å². The highest BCUT2D eigenvalue weighted by Crippen LogP contribution is 2.27. The lowest BCUT2D eigenvalue weighted by Crippen LogP contribution is -2.33. The van der Waals surface area contributed by atoms with Gasteiger partial charge in [0, 0.05) is 17.8 Å². The van der Waals surface area contributed by atoms with Gasteiger partial charge in [0.25, 0.3) is 5.91 Å². The molecule has 0 atom stereocenters. The molecule has 1 aromatic carbocycles. The largest absolute Gasteiger partial charge is 0.489 e. The molecule has 2 heterocycles. The van der Waals surface area contributed by atoms with Gasteiger partial charge >= 0.3 is 0 Å². The second-order valence-corrected chi connectivity index (χ2v) is 7.84. The molecule has 0 unspecified atom stereocenters. The number of carbonyl (C=O) groups is 2. The molecule has 2 amide bonds. The van der Waals surface area contributed by atoms with E-state index in [2.05, 4.69) is 20.8 Å². The van der Waals surface area contributed by atoms with Crippen molar-refractivity contribution < 1.29 is 18.8 Å². The summed E-state index contributed by atoms with van der Waals surface area (Å²) in [5, 5.41) is 9.03. The maximum absolute atomic E-state index is 12.4. The SMILES string of the molecule is O=C(CNC(=O)c1cc(-c2ccccc2)on1)Nc1ncccc1OCC1CCCCC1. The zero-order valence-electron chi connectivity index (χ0n) is 17.8. The maximum atomic E-state index is 12.4. The van der Waals surface area contributed by atoms with Gasteiger partial charge < -0.3 is 19.9 Å². The second-order valence-electron chi connectivity index (χ2n) is 7.84. The number of amides is 2. The van der Waals surface area contributed by atoms with Crippen molar-refractivity contribution in [3.8, 4) is 17.1 Å². The lowest BCUT2D eigenvalue weighted by Gasteiger charge is -2.22. The Hall–Kier alpha value is -3.68. The van der Waals surface area contributed by atoms with Crippen LogP contribution in [0.2, 0.25) is 0 Å². The van der Waals surface area contributed by atoms with E-state index < -0.39 is 11.8 Å². The summed E-state index contributed by atoms with van der Waals surface area (Å²) in [7, 11) is 0. The van der Waals surface area contributed by atoms with Crippen LogP contribution < -0.4 is 15.4 Å². The minimum absolute atomic E-state index is 0.103. The highest BCUT2D eigenvalue weighted by Gasteiger charge is 2.17. The quantitative estimate of drug-likeness (QED) is 0.554. The minimum atomic E-state index is -0.499. The Morgan fingerprint density at radius 3 is 2.69 bits per heavy atom. The summed E-state index contributed by atoms with van der Waals surface area (Å²) in [6.07, 6.45) is 7.69. The molecule has 2 aromatic heterocycles. The van der Waals surface area contributed by atoms with Crippen LogP contribution in [-0.2, 0) is 4.79 Å². The number of rotatable bonds is 8. The predicted molar refractivity (Wildman–Crippen MR) is 119 cm³/mol. The third-order valence-corrected chi connectivity index (χ3v) is 5.44. The van der Waals surface area contributed by atoms with Gasteiger partial charge in [-0.2, -0.15) is 0 Å². The molecule has 1 fully saturated rings. The summed E-state index contributed by atoms with van der Waals surface area (Å²) in [6, 6.07) is 14.4. The number of carbonyl (C=O) groups excluding carboxylic acids is 2. The average molecular weight is 434 g/mol. The Kier molecular flexibility index (Phi) is 7.12. The van der Waals surface area contributed by atoms with Crippen LogP contribution in [0.4, 0.5) is 5.82 Å². The summed E-state index contributed by atoms with van der Waals surface area (Å²) in [6.45, 7) is 0.381. The zero-order valence-corrected chi connectivity index (χ0v) is 17.8. The fraction of sp³-hybridized carbons (Fsp3) is 0.333. The van der Waals surface area contributed by atoms with Gasteiger partial charge in [-0.1, -0.05) is 54.8 Å². The summed E-state index contributed by atoms with van der Waals surface area (Å²) in [5.74, 6) is 0.979. The summed E-state index contributed by atoms with van der Waals surface area (Å²) in [5.41, 5.74) is 0.915. The predicted octanol–water partition coefficient (Wildman–Crippen LogP) is 4.06. The van der Waals surface area contributed by atoms with Gasteiger partial charge in [0.2, 0.25) is 5.91 Å². The van der Waals surface area contributed by atoms with Crippen molar-refractivity contribution in [3.05, 3.63) is 60.4 Å². The van der Waals surface area contributed by atoms with Crippen molar-refractivity contribution in [2.24, 2.45) is 5.92 Å². The van der Waals surface area contributed by atoms with E-state index in [-0.39, 0.29) is 12.2 Å². The number of nitrogens with zero attached hydrogens (tertiary/aromatic N) is 2. The van der Waals surface area contributed by atoms with E-state index in [4.69, 9.17) is 9.26 Å². The van der Waals surface area contributed by atoms with Gasteiger partial charge in [-0.25, -0.2) is 4.98 Å². The molecule has 0 saturated heterocycles. The molecule has 0 spiro atoms. The van der Waals surface area contributed by atoms with E-state index in [1.807, 2.05) is 30.3 Å². The van der Waals surface area contributed by atoms with Gasteiger partial charge in [-0.05, 0) is 30.9 Å². The van der Waals surface area contributed by atoms with Crippen molar-refractivity contribution in [3.63, 3.8) is 0 Å². The molecule has 0 radical (unpaired) electrons. The van der Waals surface area contributed by atoms with Crippen LogP contribution in [0.5, 0.6) is 5.75 Å². The summed E-state index contributed by atoms with van der Waals surface area (Å²) < 4.78 is 11.2. The van der Waals surface area contributed by atoms with Crippen LogP contribution >= 0.6 is 0 Å². The number of pyridine rings is 1. The Bertz CT molecular complexity index is 1040. The average Bonchev–Trinajstić information content (AvgIpc) is 3.34. The number of aromatic nitrogens is 2. The molecule has 1 aliphatic rings. The van der Waals surface area contributed by atoms with Crippen LogP contribution in [0.1, 0.15) is 42.6 Å². The Balaban J connectivity index is 1.28. The highest BCUT2D eigenvalue weighted by atomic mass is 16.5. The topological polar surface area (TPSA) is 106 Å². The number of ether oxygens (including phenoxy) is 1. The summed E-state index contributed by atoms with van der Waals surface area (Å²) >= 11 is 0. The molecule has 8 heteroatoms. The third kappa shape index (κ3) is 5.72. The second kappa shape index (κ2) is 10.6. The number of hydrogen-bond acceptors (Lipinski definition) is 6. The number of anilines is 1. The minimum Gasteiger partial charge on any atom is -0.489 e. The lowest BCUT2D eigenvalue weighted by atomic mass is 9.90. The molecule has 0 bridgehead atoms. The van der Waals surface area contributed by atoms with E-state index in [1.54, 1.807) is 24.4 Å². The molecule has 2 N–H and O–H groups in total. The lowest BCUT2D eigenvalue weighted by molar-refractivity contribution is -0.115. The van der Waals surface area contributed by atoms with E-state index in [0.717, 1.165) is 5.56 Å². The van der Waals surface area contributed by atoms with Crippen molar-refractivity contribution >= 4 is 17.6 Å². The first-order valence-corrected chi connectivity index (χ1v) is 10.9. The molecule has 1 aliphatic carbocycles. The van der Waals surface area contributed by atoms with Crippen molar-refractivity contribution in [1.29, 1.82) is 0 Å². The van der Waals surface area contributed by atoms with Gasteiger partial charge in [-0.15, -0.1) is 0 Å². The molecule has 1 saturated carbocycles. The smallest absolute Gasteiger partial charge is 0.273 e. The Labute approximate surface area is 186 Å². The number of nitrogens with one attached hydrogen (secondary N) is 2.